The van der Waals surface area contributed by atoms with E-state index in [0.717, 1.165) is 31.5 Å². The van der Waals surface area contributed by atoms with Gasteiger partial charge in [0.05, 0.1) is 5.75 Å². The van der Waals surface area contributed by atoms with Gasteiger partial charge in [0.2, 0.25) is 10.0 Å². The van der Waals surface area contributed by atoms with Crippen molar-refractivity contribution in [3.63, 3.8) is 0 Å². The summed E-state index contributed by atoms with van der Waals surface area (Å²) in [7, 11) is -3.32. The number of rotatable bonds is 4. The van der Waals surface area contributed by atoms with Gasteiger partial charge in [0.25, 0.3) is 0 Å². The average Bonchev–Trinajstić information content (AvgIpc) is 2.81. The Balaban J connectivity index is 1.66. The summed E-state index contributed by atoms with van der Waals surface area (Å²) in [4.78, 5) is 2.43. The number of piperidine rings is 1. The van der Waals surface area contributed by atoms with E-state index in [2.05, 4.69) is 9.62 Å². The lowest BCUT2D eigenvalue weighted by Crippen LogP contribution is -2.46. The minimum absolute atomic E-state index is 0.00125. The predicted molar refractivity (Wildman–Crippen MR) is 84.2 cm³/mol. The second-order valence-corrected chi connectivity index (χ2v) is 7.87. The number of fused-ring (bicyclic) bond motifs is 1. The lowest BCUT2D eigenvalue weighted by atomic mass is 10.00. The molecule has 0 amide bonds. The second kappa shape index (κ2) is 5.94. The molecule has 3 N–H and O–H groups in total. The summed E-state index contributed by atoms with van der Waals surface area (Å²) in [5, 5.41) is 0. The molecule has 6 heteroatoms. The largest absolute Gasteiger partial charge is 0.399 e. The SMILES string of the molecule is Nc1cccc(CS(=O)(=O)NC2CCN3CCCCC23)c1. The molecule has 2 atom stereocenters. The van der Waals surface area contributed by atoms with E-state index in [1.165, 1.54) is 12.8 Å². The van der Waals surface area contributed by atoms with Crippen molar-refractivity contribution in [3.05, 3.63) is 29.8 Å². The van der Waals surface area contributed by atoms with Crippen molar-refractivity contribution in [2.45, 2.75) is 43.5 Å². The molecule has 116 valence electrons. The Kier molecular flexibility index (Phi) is 4.19. The summed E-state index contributed by atoms with van der Waals surface area (Å²) < 4.78 is 27.7. The van der Waals surface area contributed by atoms with Gasteiger partial charge < -0.3 is 5.73 Å². The molecule has 0 bridgehead atoms. The molecule has 2 aliphatic rings. The van der Waals surface area contributed by atoms with Crippen LogP contribution in [0.2, 0.25) is 0 Å². The molecule has 2 unspecified atom stereocenters. The molecule has 2 heterocycles. The van der Waals surface area contributed by atoms with Crippen molar-refractivity contribution in [2.75, 3.05) is 18.8 Å². The molecule has 5 nitrogen and oxygen atoms in total. The summed E-state index contributed by atoms with van der Waals surface area (Å²) in [5.74, 6) is 0.00125. The third kappa shape index (κ3) is 3.56. The molecule has 1 aromatic carbocycles. The van der Waals surface area contributed by atoms with Gasteiger partial charge >= 0.3 is 0 Å². The molecule has 0 radical (unpaired) electrons. The Morgan fingerprint density at radius 3 is 2.90 bits per heavy atom. The normalized spacial score (nSPS) is 26.7. The Morgan fingerprint density at radius 2 is 2.10 bits per heavy atom. The topological polar surface area (TPSA) is 75.4 Å². The van der Waals surface area contributed by atoms with Crippen LogP contribution >= 0.6 is 0 Å². The van der Waals surface area contributed by atoms with Crippen LogP contribution < -0.4 is 10.5 Å². The number of benzene rings is 1. The zero-order valence-electron chi connectivity index (χ0n) is 12.2. The molecule has 0 aliphatic carbocycles. The van der Waals surface area contributed by atoms with E-state index in [9.17, 15) is 8.42 Å². The van der Waals surface area contributed by atoms with Crippen LogP contribution in [-0.2, 0) is 15.8 Å². The van der Waals surface area contributed by atoms with Gasteiger partial charge in [-0.05, 0) is 43.5 Å². The standard InChI is InChI=1S/C15H23N3O2S/c16-13-5-3-4-12(10-13)11-21(19,20)17-14-7-9-18-8-2-1-6-15(14)18/h3-5,10,14-15,17H,1-2,6-9,11,16H2. The number of nitrogens with two attached hydrogens (primary N) is 1. The van der Waals surface area contributed by atoms with E-state index in [1.807, 2.05) is 0 Å². The minimum Gasteiger partial charge on any atom is -0.399 e. The lowest BCUT2D eigenvalue weighted by Gasteiger charge is -2.32. The monoisotopic (exact) mass is 309 g/mol. The molecule has 2 fully saturated rings. The van der Waals surface area contributed by atoms with Crippen LogP contribution in [0.5, 0.6) is 0 Å². The fourth-order valence-electron chi connectivity index (χ4n) is 3.56. The quantitative estimate of drug-likeness (QED) is 0.823. The van der Waals surface area contributed by atoms with E-state index in [-0.39, 0.29) is 11.8 Å². The minimum atomic E-state index is -3.32. The van der Waals surface area contributed by atoms with Crippen LogP contribution in [-0.4, -0.2) is 38.5 Å². The highest BCUT2D eigenvalue weighted by molar-refractivity contribution is 7.88. The van der Waals surface area contributed by atoms with E-state index >= 15 is 0 Å². The Bertz CT molecular complexity index is 603. The van der Waals surface area contributed by atoms with Gasteiger partial charge in [0, 0.05) is 24.3 Å². The van der Waals surface area contributed by atoms with Crippen molar-refractivity contribution in [1.82, 2.24) is 9.62 Å². The Labute approximate surface area is 126 Å². The van der Waals surface area contributed by atoms with Crippen molar-refractivity contribution in [1.29, 1.82) is 0 Å². The van der Waals surface area contributed by atoms with Gasteiger partial charge in [0.15, 0.2) is 0 Å². The average molecular weight is 309 g/mol. The molecular formula is C15H23N3O2S. The highest BCUT2D eigenvalue weighted by atomic mass is 32.2. The fraction of sp³-hybridized carbons (Fsp3) is 0.600. The first-order chi connectivity index (χ1) is 10.0. The van der Waals surface area contributed by atoms with Gasteiger partial charge in [0.1, 0.15) is 0 Å². The van der Waals surface area contributed by atoms with Gasteiger partial charge in [-0.2, -0.15) is 0 Å². The number of hydrogen-bond donors (Lipinski definition) is 2. The first-order valence-electron chi connectivity index (χ1n) is 7.62. The third-order valence-electron chi connectivity index (χ3n) is 4.49. The fourth-order valence-corrected chi connectivity index (χ4v) is 5.00. The summed E-state index contributed by atoms with van der Waals surface area (Å²) in [6.45, 7) is 2.12. The van der Waals surface area contributed by atoms with E-state index in [0.29, 0.717) is 11.7 Å². The van der Waals surface area contributed by atoms with E-state index < -0.39 is 10.0 Å². The molecule has 1 aromatic rings. The number of nitrogens with zero attached hydrogens (tertiary/aromatic N) is 1. The molecule has 0 aromatic heterocycles. The zero-order valence-corrected chi connectivity index (χ0v) is 13.0. The molecule has 2 aliphatic heterocycles. The van der Waals surface area contributed by atoms with Gasteiger partial charge in [-0.3, -0.25) is 4.90 Å². The van der Waals surface area contributed by atoms with Crippen LogP contribution in [0.25, 0.3) is 0 Å². The molecular weight excluding hydrogens is 286 g/mol. The van der Waals surface area contributed by atoms with Crippen LogP contribution in [0.1, 0.15) is 31.2 Å². The molecule has 0 saturated carbocycles. The summed E-state index contributed by atoms with van der Waals surface area (Å²) in [5.41, 5.74) is 7.04. The smallest absolute Gasteiger partial charge is 0.216 e. The summed E-state index contributed by atoms with van der Waals surface area (Å²) in [6.07, 6.45) is 4.46. The van der Waals surface area contributed by atoms with Gasteiger partial charge in [-0.25, -0.2) is 13.1 Å². The maximum Gasteiger partial charge on any atom is 0.216 e. The molecule has 0 spiro atoms. The number of anilines is 1. The van der Waals surface area contributed by atoms with Crippen molar-refractivity contribution >= 4 is 15.7 Å². The third-order valence-corrected chi connectivity index (χ3v) is 5.87. The maximum absolute atomic E-state index is 12.4. The highest BCUT2D eigenvalue weighted by Gasteiger charge is 2.37. The molecule has 3 rings (SSSR count). The predicted octanol–water partition coefficient (Wildman–Crippen LogP) is 1.31. The van der Waals surface area contributed by atoms with Crippen LogP contribution in [0.4, 0.5) is 5.69 Å². The Morgan fingerprint density at radius 1 is 1.24 bits per heavy atom. The zero-order chi connectivity index (χ0) is 14.9. The molecule has 2 saturated heterocycles. The first kappa shape index (κ1) is 14.8. The van der Waals surface area contributed by atoms with Crippen LogP contribution in [0.15, 0.2) is 24.3 Å². The number of hydrogen-bond acceptors (Lipinski definition) is 4. The first-order valence-corrected chi connectivity index (χ1v) is 9.27. The van der Waals surface area contributed by atoms with Crippen molar-refractivity contribution in [2.24, 2.45) is 0 Å². The number of nitrogen functional groups attached to an aromatic ring is 1. The number of nitrogens with one attached hydrogen (secondary N) is 1. The summed E-state index contributed by atoms with van der Waals surface area (Å²) in [6, 6.07) is 7.53. The van der Waals surface area contributed by atoms with Crippen LogP contribution in [0, 0.1) is 0 Å². The van der Waals surface area contributed by atoms with E-state index in [4.69, 9.17) is 5.73 Å². The lowest BCUT2D eigenvalue weighted by molar-refractivity contribution is 0.186. The maximum atomic E-state index is 12.4. The van der Waals surface area contributed by atoms with E-state index in [1.54, 1.807) is 24.3 Å². The number of sulfonamides is 1. The second-order valence-electron chi connectivity index (χ2n) is 6.12. The van der Waals surface area contributed by atoms with Crippen molar-refractivity contribution in [3.8, 4) is 0 Å². The van der Waals surface area contributed by atoms with Crippen LogP contribution in [0.3, 0.4) is 0 Å². The summed E-state index contributed by atoms with van der Waals surface area (Å²) >= 11 is 0. The van der Waals surface area contributed by atoms with Crippen molar-refractivity contribution < 1.29 is 8.42 Å². The van der Waals surface area contributed by atoms with Gasteiger partial charge in [-0.1, -0.05) is 18.6 Å². The Hall–Kier alpha value is -1.11. The highest BCUT2D eigenvalue weighted by Crippen LogP contribution is 2.27. The van der Waals surface area contributed by atoms with Gasteiger partial charge in [-0.15, -0.1) is 0 Å². The molecule has 21 heavy (non-hydrogen) atoms.